The fourth-order valence-electron chi connectivity index (χ4n) is 3.51. The van der Waals surface area contributed by atoms with E-state index in [1.165, 1.54) is 0 Å². The van der Waals surface area contributed by atoms with Crippen LogP contribution in [0.25, 0.3) is 0 Å². The van der Waals surface area contributed by atoms with Crippen molar-refractivity contribution in [2.75, 3.05) is 0 Å². The quantitative estimate of drug-likeness (QED) is 0.859. The van der Waals surface area contributed by atoms with Gasteiger partial charge < -0.3 is 0 Å². The highest BCUT2D eigenvalue weighted by molar-refractivity contribution is 7.92. The van der Waals surface area contributed by atoms with Crippen LogP contribution in [0.4, 0.5) is 0 Å². The Balaban J connectivity index is 2.13. The summed E-state index contributed by atoms with van der Waals surface area (Å²) < 4.78 is 26.6. The van der Waals surface area contributed by atoms with Crippen LogP contribution < -0.4 is 0 Å². The SMILES string of the molecule is CC[C@@H]1C(=O)C[C@@H](c2ccccc2)S(=O)(=O)[C@H]1c1ccccc1. The van der Waals surface area contributed by atoms with E-state index in [9.17, 15) is 13.2 Å². The van der Waals surface area contributed by atoms with Crippen LogP contribution in [-0.4, -0.2) is 14.2 Å². The monoisotopic (exact) mass is 328 g/mol. The van der Waals surface area contributed by atoms with Crippen molar-refractivity contribution in [2.24, 2.45) is 5.92 Å². The van der Waals surface area contributed by atoms with E-state index in [-0.39, 0.29) is 12.2 Å². The summed E-state index contributed by atoms with van der Waals surface area (Å²) in [5.41, 5.74) is 1.42. The second kappa shape index (κ2) is 6.28. The maximum absolute atomic E-state index is 13.3. The lowest BCUT2D eigenvalue weighted by molar-refractivity contribution is -0.123. The molecule has 0 N–H and O–H groups in total. The van der Waals surface area contributed by atoms with Gasteiger partial charge in [0.1, 0.15) is 5.78 Å². The first-order chi connectivity index (χ1) is 11.1. The summed E-state index contributed by atoms with van der Waals surface area (Å²) in [6.45, 7) is 1.89. The molecule has 1 aliphatic rings. The maximum Gasteiger partial charge on any atom is 0.165 e. The van der Waals surface area contributed by atoms with Gasteiger partial charge in [-0.3, -0.25) is 4.79 Å². The van der Waals surface area contributed by atoms with Gasteiger partial charge in [-0.2, -0.15) is 0 Å². The number of Topliss-reactive ketones (excluding diaryl/α,β-unsaturated/α-hetero) is 1. The molecule has 0 amide bonds. The topological polar surface area (TPSA) is 51.2 Å². The van der Waals surface area contributed by atoms with Gasteiger partial charge in [0, 0.05) is 12.3 Å². The van der Waals surface area contributed by atoms with Crippen molar-refractivity contribution in [2.45, 2.75) is 30.3 Å². The molecule has 3 rings (SSSR count). The summed E-state index contributed by atoms with van der Waals surface area (Å²) in [5, 5.41) is -1.50. The predicted molar refractivity (Wildman–Crippen MR) is 90.7 cm³/mol. The molecule has 0 saturated carbocycles. The molecule has 120 valence electrons. The van der Waals surface area contributed by atoms with Crippen molar-refractivity contribution in [3.05, 3.63) is 71.8 Å². The first kappa shape index (κ1) is 15.9. The van der Waals surface area contributed by atoms with E-state index in [4.69, 9.17) is 0 Å². The van der Waals surface area contributed by atoms with Crippen molar-refractivity contribution < 1.29 is 13.2 Å². The van der Waals surface area contributed by atoms with E-state index in [0.29, 0.717) is 17.5 Å². The molecule has 0 bridgehead atoms. The molecule has 0 unspecified atom stereocenters. The molecule has 1 fully saturated rings. The Morgan fingerprint density at radius 1 is 0.913 bits per heavy atom. The molecule has 0 radical (unpaired) electrons. The number of hydrogen-bond acceptors (Lipinski definition) is 3. The number of rotatable bonds is 3. The Morgan fingerprint density at radius 2 is 1.43 bits per heavy atom. The first-order valence-corrected chi connectivity index (χ1v) is 9.52. The van der Waals surface area contributed by atoms with Crippen LogP contribution in [0.2, 0.25) is 0 Å². The number of carbonyl (C=O) groups excluding carboxylic acids is 1. The van der Waals surface area contributed by atoms with Gasteiger partial charge in [-0.05, 0) is 17.5 Å². The molecule has 1 aliphatic heterocycles. The van der Waals surface area contributed by atoms with E-state index in [1.54, 1.807) is 12.1 Å². The maximum atomic E-state index is 13.3. The summed E-state index contributed by atoms with van der Waals surface area (Å²) in [5.74, 6) is -0.410. The van der Waals surface area contributed by atoms with Crippen LogP contribution >= 0.6 is 0 Å². The third-order valence-electron chi connectivity index (χ3n) is 4.66. The average Bonchev–Trinajstić information content (AvgIpc) is 2.57. The van der Waals surface area contributed by atoms with Gasteiger partial charge in [0.25, 0.3) is 0 Å². The predicted octanol–water partition coefficient (Wildman–Crippen LogP) is 3.88. The summed E-state index contributed by atoms with van der Waals surface area (Å²) in [6, 6.07) is 18.2. The van der Waals surface area contributed by atoms with Gasteiger partial charge >= 0.3 is 0 Å². The fourth-order valence-corrected chi connectivity index (χ4v) is 6.13. The number of benzene rings is 2. The Bertz CT molecular complexity index is 782. The van der Waals surface area contributed by atoms with Crippen LogP contribution in [0.1, 0.15) is 41.4 Å². The number of carbonyl (C=O) groups is 1. The summed E-state index contributed by atoms with van der Waals surface area (Å²) in [6.07, 6.45) is 0.618. The summed E-state index contributed by atoms with van der Waals surface area (Å²) in [4.78, 5) is 12.6. The molecule has 4 heteroatoms. The Hall–Kier alpha value is -1.94. The zero-order chi connectivity index (χ0) is 16.4. The zero-order valence-corrected chi connectivity index (χ0v) is 13.9. The normalized spacial score (nSPS) is 26.8. The molecule has 2 aromatic carbocycles. The molecular weight excluding hydrogens is 308 g/mol. The molecule has 1 heterocycles. The lowest BCUT2D eigenvalue weighted by Crippen LogP contribution is -2.38. The van der Waals surface area contributed by atoms with E-state index in [1.807, 2.05) is 55.5 Å². The van der Waals surface area contributed by atoms with Crippen LogP contribution in [-0.2, 0) is 14.6 Å². The van der Waals surface area contributed by atoms with Gasteiger partial charge in [-0.1, -0.05) is 67.6 Å². The van der Waals surface area contributed by atoms with Gasteiger partial charge in [0.05, 0.1) is 10.5 Å². The summed E-state index contributed by atoms with van der Waals surface area (Å²) in [7, 11) is -3.49. The van der Waals surface area contributed by atoms with E-state index in [2.05, 4.69) is 0 Å². The van der Waals surface area contributed by atoms with Gasteiger partial charge in [-0.25, -0.2) is 8.42 Å². The Morgan fingerprint density at radius 3 is 1.96 bits per heavy atom. The Kier molecular flexibility index (Phi) is 4.35. The largest absolute Gasteiger partial charge is 0.299 e. The average molecular weight is 328 g/mol. The van der Waals surface area contributed by atoms with Gasteiger partial charge in [-0.15, -0.1) is 0 Å². The third kappa shape index (κ3) is 2.83. The number of ketones is 1. The lowest BCUT2D eigenvalue weighted by Gasteiger charge is -2.35. The molecule has 23 heavy (non-hydrogen) atoms. The first-order valence-electron chi connectivity index (χ1n) is 7.91. The van der Waals surface area contributed by atoms with Gasteiger partial charge in [0.15, 0.2) is 9.84 Å². The molecule has 2 aromatic rings. The molecule has 3 atom stereocenters. The third-order valence-corrected chi connectivity index (χ3v) is 7.20. The number of hydrogen-bond donors (Lipinski definition) is 0. The minimum absolute atomic E-state index is 0.0463. The second-order valence-corrected chi connectivity index (χ2v) is 8.26. The molecule has 0 aromatic heterocycles. The van der Waals surface area contributed by atoms with Crippen LogP contribution in [0.15, 0.2) is 60.7 Å². The molecule has 1 saturated heterocycles. The van der Waals surface area contributed by atoms with Crippen molar-refractivity contribution in [3.63, 3.8) is 0 Å². The van der Waals surface area contributed by atoms with Crippen LogP contribution in [0.3, 0.4) is 0 Å². The van der Waals surface area contributed by atoms with Crippen molar-refractivity contribution in [1.29, 1.82) is 0 Å². The smallest absolute Gasteiger partial charge is 0.165 e. The van der Waals surface area contributed by atoms with Crippen LogP contribution in [0.5, 0.6) is 0 Å². The minimum atomic E-state index is -3.49. The highest BCUT2D eigenvalue weighted by Gasteiger charge is 2.48. The van der Waals surface area contributed by atoms with E-state index >= 15 is 0 Å². The standard InChI is InChI=1S/C19H20O3S/c1-2-16-17(20)13-18(14-9-5-3-6-10-14)23(21,22)19(16)15-11-7-4-8-12-15/h3-12,16,18-19H,2,13H2,1H3/t16-,18+,19+/m1/s1. The zero-order valence-electron chi connectivity index (χ0n) is 13.1. The Labute approximate surface area is 137 Å². The number of sulfone groups is 1. The minimum Gasteiger partial charge on any atom is -0.299 e. The summed E-state index contributed by atoms with van der Waals surface area (Å²) >= 11 is 0. The highest BCUT2D eigenvalue weighted by Crippen LogP contribution is 2.47. The van der Waals surface area contributed by atoms with Crippen LogP contribution in [0, 0.1) is 5.92 Å². The molecule has 0 aliphatic carbocycles. The van der Waals surface area contributed by atoms with Crippen molar-refractivity contribution in [3.8, 4) is 0 Å². The van der Waals surface area contributed by atoms with Gasteiger partial charge in [0.2, 0.25) is 0 Å². The van der Waals surface area contributed by atoms with E-state index < -0.39 is 26.3 Å². The van der Waals surface area contributed by atoms with E-state index in [0.717, 1.165) is 0 Å². The fraction of sp³-hybridized carbons (Fsp3) is 0.316. The second-order valence-electron chi connectivity index (χ2n) is 6.00. The molecule has 0 spiro atoms. The van der Waals surface area contributed by atoms with Crippen molar-refractivity contribution >= 4 is 15.6 Å². The van der Waals surface area contributed by atoms with Crippen molar-refractivity contribution in [1.82, 2.24) is 0 Å². The highest BCUT2D eigenvalue weighted by atomic mass is 32.2. The lowest BCUT2D eigenvalue weighted by atomic mass is 9.88. The molecular formula is C19H20O3S. The molecule has 3 nitrogen and oxygen atoms in total.